The minimum Gasteiger partial charge on any atom is -0.294 e. The molecule has 0 aromatic carbocycles. The molecule has 0 fully saturated rings. The van der Waals surface area contributed by atoms with Gasteiger partial charge in [-0.15, -0.1) is 0 Å². The van der Waals surface area contributed by atoms with Crippen molar-refractivity contribution in [3.05, 3.63) is 12.5 Å². The smallest absolute Gasteiger partial charge is 0.160 e. The average molecular weight is 178 g/mol. The Morgan fingerprint density at radius 3 is 3.15 bits per heavy atom. The lowest BCUT2D eigenvalue weighted by Gasteiger charge is -2.14. The van der Waals surface area contributed by atoms with Crippen molar-refractivity contribution in [3.8, 4) is 0 Å². The van der Waals surface area contributed by atoms with E-state index in [1.807, 2.05) is 6.92 Å². The molecule has 0 spiro atoms. The highest BCUT2D eigenvalue weighted by molar-refractivity contribution is 5.85. The maximum atomic E-state index is 5.72. The summed E-state index contributed by atoms with van der Waals surface area (Å²) >= 11 is 0. The Morgan fingerprint density at radius 1 is 1.54 bits per heavy atom. The third-order valence-corrected chi connectivity index (χ3v) is 1.84. The van der Waals surface area contributed by atoms with E-state index in [-0.39, 0.29) is 0 Å². The normalized spacial score (nSPS) is 10.6. The average Bonchev–Trinajstić information content (AvgIpc) is 2.63. The topological polar surface area (TPSA) is 83.7 Å². The van der Waals surface area contributed by atoms with Crippen LogP contribution in [-0.4, -0.2) is 26.7 Å². The van der Waals surface area contributed by atoms with Crippen LogP contribution in [0.25, 0.3) is 11.0 Å². The Balaban J connectivity index is 2.60. The van der Waals surface area contributed by atoms with Gasteiger partial charge in [0.25, 0.3) is 0 Å². The molecule has 6 nitrogen and oxygen atoms in total. The number of H-pyrrole nitrogens is 1. The van der Waals surface area contributed by atoms with Gasteiger partial charge < -0.3 is 0 Å². The number of hydrazine groups is 1. The molecule has 2 heterocycles. The van der Waals surface area contributed by atoms with Crippen LogP contribution in [0.5, 0.6) is 0 Å². The Labute approximate surface area is 74.7 Å². The summed E-state index contributed by atoms with van der Waals surface area (Å²) in [5.74, 6) is 6.42. The van der Waals surface area contributed by atoms with Crippen LogP contribution in [0.1, 0.15) is 6.92 Å². The number of hydrogen-bond acceptors (Lipinski definition) is 5. The van der Waals surface area contributed by atoms with E-state index in [0.29, 0.717) is 18.0 Å². The molecule has 0 saturated heterocycles. The maximum absolute atomic E-state index is 5.72. The van der Waals surface area contributed by atoms with Gasteiger partial charge in [0.15, 0.2) is 11.5 Å². The van der Waals surface area contributed by atoms with Gasteiger partial charge in [-0.25, -0.2) is 15.8 Å². The van der Waals surface area contributed by atoms with E-state index in [1.54, 1.807) is 11.2 Å². The summed E-state index contributed by atoms with van der Waals surface area (Å²) in [5, 5.41) is 9.02. The fourth-order valence-electron chi connectivity index (χ4n) is 1.13. The summed E-state index contributed by atoms with van der Waals surface area (Å²) in [5.41, 5.74) is 0.703. The van der Waals surface area contributed by atoms with E-state index in [9.17, 15) is 0 Å². The Hall–Kier alpha value is -1.69. The number of rotatable bonds is 2. The van der Waals surface area contributed by atoms with Gasteiger partial charge in [0, 0.05) is 6.54 Å². The van der Waals surface area contributed by atoms with Crippen LogP contribution in [0.15, 0.2) is 12.5 Å². The largest absolute Gasteiger partial charge is 0.294 e. The van der Waals surface area contributed by atoms with Crippen LogP contribution in [0.4, 0.5) is 5.82 Å². The molecule has 0 atom stereocenters. The van der Waals surface area contributed by atoms with Crippen molar-refractivity contribution < 1.29 is 0 Å². The molecule has 13 heavy (non-hydrogen) atoms. The zero-order chi connectivity index (χ0) is 9.26. The first-order valence-electron chi connectivity index (χ1n) is 3.99. The second kappa shape index (κ2) is 2.98. The molecule has 2 aromatic rings. The molecular formula is C7H10N6. The molecule has 0 radical (unpaired) electrons. The van der Waals surface area contributed by atoms with Crippen molar-refractivity contribution in [2.75, 3.05) is 11.6 Å². The first-order chi connectivity index (χ1) is 6.33. The second-order valence-corrected chi connectivity index (χ2v) is 2.62. The monoisotopic (exact) mass is 178 g/mol. The predicted octanol–water partition coefficient (Wildman–Crippen LogP) is 0.0529. The van der Waals surface area contributed by atoms with Gasteiger partial charge in [-0.05, 0) is 6.92 Å². The molecule has 6 heteroatoms. The van der Waals surface area contributed by atoms with Crippen LogP contribution in [0, 0.1) is 0 Å². The summed E-state index contributed by atoms with van der Waals surface area (Å²) in [6.45, 7) is 2.64. The van der Waals surface area contributed by atoms with E-state index in [4.69, 9.17) is 5.84 Å². The van der Waals surface area contributed by atoms with Gasteiger partial charge in [0.2, 0.25) is 0 Å². The first kappa shape index (κ1) is 7.93. The van der Waals surface area contributed by atoms with E-state index >= 15 is 0 Å². The van der Waals surface area contributed by atoms with Crippen molar-refractivity contribution >= 4 is 16.9 Å². The third-order valence-electron chi connectivity index (χ3n) is 1.84. The Bertz CT molecular complexity index is 408. The molecule has 0 aliphatic rings. The molecule has 2 rings (SSSR count). The Kier molecular flexibility index (Phi) is 1.82. The lowest BCUT2D eigenvalue weighted by atomic mass is 10.4. The van der Waals surface area contributed by atoms with Crippen LogP contribution in [0.3, 0.4) is 0 Å². The van der Waals surface area contributed by atoms with Crippen molar-refractivity contribution in [1.29, 1.82) is 0 Å². The van der Waals surface area contributed by atoms with Gasteiger partial charge in [-0.3, -0.25) is 10.1 Å². The van der Waals surface area contributed by atoms with E-state index < -0.39 is 0 Å². The lowest BCUT2D eigenvalue weighted by molar-refractivity contribution is 0.871. The molecule has 0 amide bonds. The fraction of sp³-hybridized carbons (Fsp3) is 0.286. The number of aromatic amines is 1. The van der Waals surface area contributed by atoms with Crippen molar-refractivity contribution in [1.82, 2.24) is 20.2 Å². The van der Waals surface area contributed by atoms with Gasteiger partial charge in [0.1, 0.15) is 6.33 Å². The standard InChI is InChI=1S/C7H10N6/c1-2-13(8)7-5-3-11-12-6(5)9-4-10-7/h3-4H,2,8H2,1H3,(H,9,10,11,12). The number of hydrogen-bond donors (Lipinski definition) is 2. The number of anilines is 1. The zero-order valence-electron chi connectivity index (χ0n) is 7.23. The Morgan fingerprint density at radius 2 is 2.38 bits per heavy atom. The number of aromatic nitrogens is 4. The molecule has 3 N–H and O–H groups in total. The SMILES string of the molecule is CCN(N)c1ncnc2[nH]ncc12. The van der Waals surface area contributed by atoms with E-state index in [2.05, 4.69) is 20.2 Å². The van der Waals surface area contributed by atoms with Gasteiger partial charge in [-0.2, -0.15) is 5.10 Å². The summed E-state index contributed by atoms with van der Waals surface area (Å²) in [7, 11) is 0. The molecule has 0 unspecified atom stereocenters. The van der Waals surface area contributed by atoms with E-state index in [1.165, 1.54) is 6.33 Å². The van der Waals surface area contributed by atoms with Gasteiger partial charge >= 0.3 is 0 Å². The molecule has 0 aliphatic heterocycles. The summed E-state index contributed by atoms with van der Waals surface area (Å²) in [6.07, 6.45) is 3.13. The van der Waals surface area contributed by atoms with Crippen molar-refractivity contribution in [3.63, 3.8) is 0 Å². The number of nitrogens with one attached hydrogen (secondary N) is 1. The molecule has 0 saturated carbocycles. The summed E-state index contributed by atoms with van der Waals surface area (Å²) in [6, 6.07) is 0. The quantitative estimate of drug-likeness (QED) is 0.501. The minimum absolute atomic E-state index is 0.692. The van der Waals surface area contributed by atoms with Crippen molar-refractivity contribution in [2.45, 2.75) is 6.92 Å². The molecular weight excluding hydrogens is 168 g/mol. The molecule has 2 aromatic heterocycles. The third kappa shape index (κ3) is 1.20. The fourth-order valence-corrected chi connectivity index (χ4v) is 1.13. The lowest BCUT2D eigenvalue weighted by Crippen LogP contribution is -2.31. The van der Waals surface area contributed by atoms with Crippen LogP contribution >= 0.6 is 0 Å². The van der Waals surface area contributed by atoms with Crippen LogP contribution in [0.2, 0.25) is 0 Å². The first-order valence-corrected chi connectivity index (χ1v) is 3.99. The number of nitrogens with zero attached hydrogens (tertiary/aromatic N) is 4. The summed E-state index contributed by atoms with van der Waals surface area (Å²) in [4.78, 5) is 8.09. The maximum Gasteiger partial charge on any atom is 0.160 e. The molecule has 0 bridgehead atoms. The van der Waals surface area contributed by atoms with Gasteiger partial charge in [-0.1, -0.05) is 0 Å². The van der Waals surface area contributed by atoms with Crippen LogP contribution < -0.4 is 10.9 Å². The second-order valence-electron chi connectivity index (χ2n) is 2.62. The molecule has 68 valence electrons. The molecule has 0 aliphatic carbocycles. The number of nitrogens with two attached hydrogens (primary N) is 1. The highest BCUT2D eigenvalue weighted by atomic mass is 15.4. The highest BCUT2D eigenvalue weighted by Gasteiger charge is 2.07. The van der Waals surface area contributed by atoms with Crippen molar-refractivity contribution in [2.24, 2.45) is 5.84 Å². The van der Waals surface area contributed by atoms with E-state index in [0.717, 1.165) is 5.39 Å². The van der Waals surface area contributed by atoms with Gasteiger partial charge in [0.05, 0.1) is 11.6 Å². The minimum atomic E-state index is 0.692. The highest BCUT2D eigenvalue weighted by Crippen LogP contribution is 2.17. The van der Waals surface area contributed by atoms with Crippen LogP contribution in [-0.2, 0) is 0 Å². The zero-order valence-corrected chi connectivity index (χ0v) is 7.23. The predicted molar refractivity (Wildman–Crippen MR) is 48.9 cm³/mol. The number of fused-ring (bicyclic) bond motifs is 1. The summed E-state index contributed by atoms with van der Waals surface area (Å²) < 4.78 is 0.